The Morgan fingerprint density at radius 2 is 2.19 bits per heavy atom. The van der Waals surface area contributed by atoms with Gasteiger partial charge in [-0.2, -0.15) is 0 Å². The summed E-state index contributed by atoms with van der Waals surface area (Å²) >= 11 is 0. The summed E-state index contributed by atoms with van der Waals surface area (Å²) in [5.74, 6) is -0.238. The summed E-state index contributed by atoms with van der Waals surface area (Å²) < 4.78 is 0. The zero-order chi connectivity index (χ0) is 15.4. The van der Waals surface area contributed by atoms with E-state index in [0.717, 1.165) is 6.42 Å². The number of aromatic nitrogens is 1. The molecule has 21 heavy (non-hydrogen) atoms. The van der Waals surface area contributed by atoms with E-state index >= 15 is 0 Å². The maximum absolute atomic E-state index is 12.5. The minimum absolute atomic E-state index is 0.0552. The lowest BCUT2D eigenvalue weighted by Crippen LogP contribution is -2.34. The third-order valence-electron chi connectivity index (χ3n) is 3.26. The van der Waals surface area contributed by atoms with Crippen molar-refractivity contribution in [3.63, 3.8) is 0 Å². The van der Waals surface area contributed by atoms with Crippen LogP contribution in [0.3, 0.4) is 0 Å². The molecule has 2 N–H and O–H groups in total. The van der Waals surface area contributed by atoms with Gasteiger partial charge < -0.3 is 15.0 Å². The molecule has 0 saturated heterocycles. The van der Waals surface area contributed by atoms with Crippen LogP contribution in [0.2, 0.25) is 0 Å². The number of aliphatic hydroxyl groups is 1. The van der Waals surface area contributed by atoms with Crippen LogP contribution in [0.15, 0.2) is 24.4 Å². The molecule has 1 heterocycles. The van der Waals surface area contributed by atoms with Gasteiger partial charge in [0, 0.05) is 42.3 Å². The molecule has 1 amide bonds. The van der Waals surface area contributed by atoms with Gasteiger partial charge in [0.25, 0.3) is 11.6 Å². The summed E-state index contributed by atoms with van der Waals surface area (Å²) in [6.07, 6.45) is 2.32. The summed E-state index contributed by atoms with van der Waals surface area (Å²) in [5.41, 5.74) is 1.00. The number of nitrogens with zero attached hydrogens (tertiary/aromatic N) is 2. The largest absolute Gasteiger partial charge is 0.395 e. The van der Waals surface area contributed by atoms with Gasteiger partial charge in [0.15, 0.2) is 0 Å². The third kappa shape index (κ3) is 3.03. The molecule has 0 aliphatic heterocycles. The molecule has 0 aliphatic rings. The van der Waals surface area contributed by atoms with Crippen LogP contribution in [0.1, 0.15) is 23.7 Å². The molecular formula is C14H17N3O4. The lowest BCUT2D eigenvalue weighted by molar-refractivity contribution is -0.384. The van der Waals surface area contributed by atoms with Crippen molar-refractivity contribution in [1.29, 1.82) is 0 Å². The van der Waals surface area contributed by atoms with Crippen molar-refractivity contribution in [3.8, 4) is 0 Å². The van der Waals surface area contributed by atoms with E-state index in [4.69, 9.17) is 5.11 Å². The van der Waals surface area contributed by atoms with Gasteiger partial charge in [-0.1, -0.05) is 6.92 Å². The van der Waals surface area contributed by atoms with Crippen molar-refractivity contribution in [1.82, 2.24) is 9.88 Å². The normalized spacial score (nSPS) is 10.8. The van der Waals surface area contributed by atoms with Crippen LogP contribution < -0.4 is 0 Å². The highest BCUT2D eigenvalue weighted by molar-refractivity contribution is 6.07. The molecule has 0 unspecified atom stereocenters. The zero-order valence-corrected chi connectivity index (χ0v) is 11.7. The first-order valence-corrected chi connectivity index (χ1v) is 6.74. The highest BCUT2D eigenvalue weighted by atomic mass is 16.6. The molecule has 7 nitrogen and oxygen atoms in total. The second-order valence-electron chi connectivity index (χ2n) is 4.71. The number of hydrogen-bond donors (Lipinski definition) is 2. The predicted octanol–water partition coefficient (Wildman–Crippen LogP) is 1.92. The Bertz CT molecular complexity index is 659. The fourth-order valence-electron chi connectivity index (χ4n) is 2.27. The van der Waals surface area contributed by atoms with Crippen LogP contribution in [-0.4, -0.2) is 45.5 Å². The first kappa shape index (κ1) is 15.0. The van der Waals surface area contributed by atoms with Gasteiger partial charge in [-0.3, -0.25) is 14.9 Å². The Labute approximate surface area is 121 Å². The number of amides is 1. The van der Waals surface area contributed by atoms with Gasteiger partial charge in [-0.15, -0.1) is 0 Å². The monoisotopic (exact) mass is 291 g/mol. The van der Waals surface area contributed by atoms with Crippen molar-refractivity contribution in [3.05, 3.63) is 40.1 Å². The van der Waals surface area contributed by atoms with Crippen molar-refractivity contribution in [2.45, 2.75) is 13.3 Å². The van der Waals surface area contributed by atoms with Crippen molar-refractivity contribution < 1.29 is 14.8 Å². The van der Waals surface area contributed by atoms with Crippen LogP contribution in [-0.2, 0) is 0 Å². The fourth-order valence-corrected chi connectivity index (χ4v) is 2.27. The van der Waals surface area contributed by atoms with Crippen LogP contribution in [0.5, 0.6) is 0 Å². The number of fused-ring (bicyclic) bond motifs is 1. The lowest BCUT2D eigenvalue weighted by Gasteiger charge is -2.20. The van der Waals surface area contributed by atoms with Gasteiger partial charge in [0.1, 0.15) is 0 Å². The molecule has 112 valence electrons. The Hall–Kier alpha value is -2.41. The van der Waals surface area contributed by atoms with E-state index in [1.807, 2.05) is 6.92 Å². The van der Waals surface area contributed by atoms with E-state index in [0.29, 0.717) is 23.0 Å². The molecule has 0 aliphatic carbocycles. The van der Waals surface area contributed by atoms with Gasteiger partial charge in [0.05, 0.1) is 17.1 Å². The minimum atomic E-state index is -0.488. The molecule has 2 aromatic rings. The molecule has 0 atom stereocenters. The van der Waals surface area contributed by atoms with E-state index in [-0.39, 0.29) is 24.7 Å². The van der Waals surface area contributed by atoms with E-state index in [9.17, 15) is 14.9 Å². The number of hydrogen-bond acceptors (Lipinski definition) is 4. The lowest BCUT2D eigenvalue weighted by atomic mass is 10.1. The molecule has 0 spiro atoms. The first-order chi connectivity index (χ1) is 10.1. The Balaban J connectivity index is 2.42. The molecular weight excluding hydrogens is 274 g/mol. The maximum Gasteiger partial charge on any atom is 0.270 e. The third-order valence-corrected chi connectivity index (χ3v) is 3.26. The molecule has 2 rings (SSSR count). The number of aromatic amines is 1. The SMILES string of the molecule is CCCN(CCO)C(=O)c1c[nH]c2ccc([N+](=O)[O-])cc12. The molecule has 1 aromatic carbocycles. The number of aliphatic hydroxyl groups excluding tert-OH is 1. The van der Waals surface area contributed by atoms with E-state index in [2.05, 4.69) is 4.98 Å². The van der Waals surface area contributed by atoms with Crippen molar-refractivity contribution in [2.24, 2.45) is 0 Å². The molecule has 1 aromatic heterocycles. The number of nitro benzene ring substituents is 1. The number of benzene rings is 1. The smallest absolute Gasteiger partial charge is 0.270 e. The first-order valence-electron chi connectivity index (χ1n) is 6.74. The minimum Gasteiger partial charge on any atom is -0.395 e. The Kier molecular flexibility index (Phi) is 4.54. The topological polar surface area (TPSA) is 99.5 Å². The second-order valence-corrected chi connectivity index (χ2v) is 4.71. The second kappa shape index (κ2) is 6.36. The van der Waals surface area contributed by atoms with E-state index < -0.39 is 4.92 Å². The van der Waals surface area contributed by atoms with Gasteiger partial charge in [-0.05, 0) is 12.5 Å². The highest BCUT2D eigenvalue weighted by Gasteiger charge is 2.20. The Morgan fingerprint density at radius 1 is 1.43 bits per heavy atom. The standard InChI is InChI=1S/C14H17N3O4/c1-2-5-16(6-7-18)14(19)12-9-15-13-4-3-10(17(20)21)8-11(12)13/h3-4,8-9,15,18H,2,5-7H2,1H3. The molecule has 0 saturated carbocycles. The Morgan fingerprint density at radius 3 is 2.81 bits per heavy atom. The van der Waals surface area contributed by atoms with Crippen molar-refractivity contribution in [2.75, 3.05) is 19.7 Å². The number of carbonyl (C=O) groups is 1. The van der Waals surface area contributed by atoms with Crippen LogP contribution in [0.25, 0.3) is 10.9 Å². The number of carbonyl (C=O) groups excluding carboxylic acids is 1. The van der Waals surface area contributed by atoms with E-state index in [1.165, 1.54) is 12.1 Å². The number of nitro groups is 1. The zero-order valence-electron chi connectivity index (χ0n) is 11.7. The molecule has 0 fully saturated rings. The molecule has 0 radical (unpaired) electrons. The quantitative estimate of drug-likeness (QED) is 0.627. The fraction of sp³-hybridized carbons (Fsp3) is 0.357. The van der Waals surface area contributed by atoms with Gasteiger partial charge in [-0.25, -0.2) is 0 Å². The number of nitrogens with one attached hydrogen (secondary N) is 1. The summed E-state index contributed by atoms with van der Waals surface area (Å²) in [7, 11) is 0. The summed E-state index contributed by atoms with van der Waals surface area (Å²) in [6, 6.07) is 4.37. The average molecular weight is 291 g/mol. The van der Waals surface area contributed by atoms with Crippen LogP contribution in [0.4, 0.5) is 5.69 Å². The summed E-state index contributed by atoms with van der Waals surface area (Å²) in [5, 5.41) is 20.4. The number of H-pyrrole nitrogens is 1. The number of rotatable bonds is 6. The van der Waals surface area contributed by atoms with Crippen LogP contribution in [0, 0.1) is 10.1 Å². The van der Waals surface area contributed by atoms with E-state index in [1.54, 1.807) is 17.2 Å². The average Bonchev–Trinajstić information content (AvgIpc) is 2.89. The highest BCUT2D eigenvalue weighted by Crippen LogP contribution is 2.24. The maximum atomic E-state index is 12.5. The van der Waals surface area contributed by atoms with Crippen molar-refractivity contribution >= 4 is 22.5 Å². The van der Waals surface area contributed by atoms with Gasteiger partial charge >= 0.3 is 0 Å². The molecule has 7 heteroatoms. The number of non-ortho nitro benzene ring substituents is 1. The molecule has 0 bridgehead atoms. The van der Waals surface area contributed by atoms with Crippen LogP contribution >= 0.6 is 0 Å². The van der Waals surface area contributed by atoms with Gasteiger partial charge in [0.2, 0.25) is 0 Å². The summed E-state index contributed by atoms with van der Waals surface area (Å²) in [4.78, 5) is 27.4. The summed E-state index contributed by atoms with van der Waals surface area (Å²) in [6.45, 7) is 2.60. The predicted molar refractivity (Wildman–Crippen MR) is 78.2 cm³/mol.